The fourth-order valence-electron chi connectivity index (χ4n) is 2.31. The van der Waals surface area contributed by atoms with Gasteiger partial charge in [-0.2, -0.15) is 13.2 Å². The van der Waals surface area contributed by atoms with Crippen molar-refractivity contribution in [2.75, 3.05) is 18.8 Å². The molecule has 1 amide bonds. The molecule has 3 nitrogen and oxygen atoms in total. The smallest absolute Gasteiger partial charge is 0.391 e. The fourth-order valence-corrected chi connectivity index (χ4v) is 2.49. The summed E-state index contributed by atoms with van der Waals surface area (Å²) in [5.74, 6) is -1.67. The van der Waals surface area contributed by atoms with Crippen molar-refractivity contribution in [2.45, 2.75) is 19.0 Å². The summed E-state index contributed by atoms with van der Waals surface area (Å²) in [4.78, 5) is 13.6. The highest BCUT2D eigenvalue weighted by Gasteiger charge is 2.41. The molecule has 0 saturated carbocycles. The molecule has 1 saturated heterocycles. The quantitative estimate of drug-likeness (QED) is 0.809. The molecule has 0 unspecified atom stereocenters. The van der Waals surface area contributed by atoms with E-state index in [9.17, 15) is 18.0 Å². The van der Waals surface area contributed by atoms with Crippen molar-refractivity contribution < 1.29 is 18.0 Å². The zero-order valence-corrected chi connectivity index (χ0v) is 11.3. The first-order valence-electron chi connectivity index (χ1n) is 6.20. The number of anilines is 1. The van der Waals surface area contributed by atoms with E-state index in [1.807, 2.05) is 0 Å². The molecular formula is C13H14ClF3N2O. The number of hydrogen-bond donors (Lipinski definition) is 1. The van der Waals surface area contributed by atoms with Crippen molar-refractivity contribution in [2.24, 2.45) is 5.92 Å². The van der Waals surface area contributed by atoms with Gasteiger partial charge in [-0.1, -0.05) is 11.6 Å². The van der Waals surface area contributed by atoms with E-state index in [2.05, 4.69) is 0 Å². The van der Waals surface area contributed by atoms with Crippen LogP contribution in [0.2, 0.25) is 5.02 Å². The van der Waals surface area contributed by atoms with E-state index in [0.29, 0.717) is 5.02 Å². The van der Waals surface area contributed by atoms with Crippen molar-refractivity contribution in [1.29, 1.82) is 0 Å². The Hall–Kier alpha value is -1.43. The number of carbonyl (C=O) groups is 1. The highest BCUT2D eigenvalue weighted by Crippen LogP contribution is 2.34. The number of likely N-dealkylation sites (tertiary alicyclic amines) is 1. The maximum Gasteiger partial charge on any atom is 0.391 e. The molecule has 7 heteroatoms. The number of rotatable bonds is 1. The molecule has 1 heterocycles. The van der Waals surface area contributed by atoms with Gasteiger partial charge in [-0.15, -0.1) is 0 Å². The van der Waals surface area contributed by atoms with Crippen LogP contribution in [0, 0.1) is 5.92 Å². The molecule has 0 bridgehead atoms. The number of carbonyl (C=O) groups excluding carboxylic acids is 1. The van der Waals surface area contributed by atoms with Gasteiger partial charge < -0.3 is 10.6 Å². The second-order valence-electron chi connectivity index (χ2n) is 4.84. The van der Waals surface area contributed by atoms with Gasteiger partial charge in [-0.25, -0.2) is 0 Å². The number of amides is 1. The van der Waals surface area contributed by atoms with Crippen LogP contribution in [0.4, 0.5) is 18.9 Å². The average Bonchev–Trinajstić information content (AvgIpc) is 2.37. The van der Waals surface area contributed by atoms with Crippen LogP contribution in [-0.4, -0.2) is 30.1 Å². The summed E-state index contributed by atoms with van der Waals surface area (Å²) in [5, 5.41) is 0.412. The van der Waals surface area contributed by atoms with Crippen LogP contribution in [0.1, 0.15) is 23.2 Å². The van der Waals surface area contributed by atoms with E-state index in [4.69, 9.17) is 17.3 Å². The van der Waals surface area contributed by atoms with E-state index in [-0.39, 0.29) is 43.1 Å². The predicted octanol–water partition coefficient (Wildman–Crippen LogP) is 3.34. The molecule has 0 aliphatic carbocycles. The number of piperidine rings is 1. The van der Waals surface area contributed by atoms with Gasteiger partial charge in [0, 0.05) is 23.8 Å². The highest BCUT2D eigenvalue weighted by molar-refractivity contribution is 6.31. The van der Waals surface area contributed by atoms with Crippen molar-refractivity contribution in [3.8, 4) is 0 Å². The lowest BCUT2D eigenvalue weighted by molar-refractivity contribution is -0.183. The van der Waals surface area contributed by atoms with Gasteiger partial charge in [0.05, 0.1) is 11.5 Å². The number of hydrogen-bond acceptors (Lipinski definition) is 2. The van der Waals surface area contributed by atoms with Crippen molar-refractivity contribution in [1.82, 2.24) is 4.90 Å². The Kier molecular flexibility index (Phi) is 4.13. The van der Waals surface area contributed by atoms with E-state index in [1.54, 1.807) is 0 Å². The second kappa shape index (κ2) is 5.52. The molecule has 110 valence electrons. The molecule has 2 rings (SSSR count). The Balaban J connectivity index is 2.05. The lowest BCUT2D eigenvalue weighted by atomic mass is 9.95. The van der Waals surface area contributed by atoms with Crippen LogP contribution in [-0.2, 0) is 0 Å². The zero-order chi connectivity index (χ0) is 14.9. The van der Waals surface area contributed by atoms with Gasteiger partial charge in [0.2, 0.25) is 0 Å². The summed E-state index contributed by atoms with van der Waals surface area (Å²) >= 11 is 5.75. The van der Waals surface area contributed by atoms with Crippen LogP contribution in [0.5, 0.6) is 0 Å². The lowest BCUT2D eigenvalue weighted by Crippen LogP contribution is -2.42. The van der Waals surface area contributed by atoms with E-state index in [0.717, 1.165) is 0 Å². The number of nitrogen functional groups attached to an aromatic ring is 1. The van der Waals surface area contributed by atoms with Gasteiger partial charge in [0.25, 0.3) is 5.91 Å². The summed E-state index contributed by atoms with van der Waals surface area (Å²) in [6.45, 7) is 0.177. The monoisotopic (exact) mass is 306 g/mol. The standard InChI is InChI=1S/C13H14ClF3N2O/c14-9-1-2-10(11(18)7-9)12(20)19-5-3-8(4-6-19)13(15,16)17/h1-2,7-8H,3-6,18H2. The van der Waals surface area contributed by atoms with Crippen molar-refractivity contribution >= 4 is 23.2 Å². The minimum atomic E-state index is -4.19. The Morgan fingerprint density at radius 2 is 1.90 bits per heavy atom. The molecule has 1 aromatic carbocycles. The maximum atomic E-state index is 12.6. The summed E-state index contributed by atoms with van der Waals surface area (Å²) in [6.07, 6.45) is -4.32. The number of benzene rings is 1. The molecule has 1 fully saturated rings. The van der Waals surface area contributed by atoms with E-state index >= 15 is 0 Å². The third-order valence-electron chi connectivity index (χ3n) is 3.49. The molecule has 2 N–H and O–H groups in total. The van der Waals surface area contributed by atoms with Crippen LogP contribution >= 0.6 is 11.6 Å². The number of nitrogens with zero attached hydrogens (tertiary/aromatic N) is 1. The number of nitrogens with two attached hydrogens (primary N) is 1. The van der Waals surface area contributed by atoms with Crippen LogP contribution in [0.3, 0.4) is 0 Å². The molecule has 0 atom stereocenters. The minimum absolute atomic E-state index is 0.0667. The predicted molar refractivity (Wildman–Crippen MR) is 70.5 cm³/mol. The highest BCUT2D eigenvalue weighted by atomic mass is 35.5. The molecule has 1 aliphatic heterocycles. The van der Waals surface area contributed by atoms with Crippen LogP contribution < -0.4 is 5.73 Å². The maximum absolute atomic E-state index is 12.6. The minimum Gasteiger partial charge on any atom is -0.398 e. The van der Waals surface area contributed by atoms with Gasteiger partial charge >= 0.3 is 6.18 Å². The Bertz CT molecular complexity index is 511. The molecule has 0 radical (unpaired) electrons. The lowest BCUT2D eigenvalue weighted by Gasteiger charge is -2.33. The van der Waals surface area contributed by atoms with Crippen LogP contribution in [0.25, 0.3) is 0 Å². The van der Waals surface area contributed by atoms with Gasteiger partial charge in [-0.05, 0) is 31.0 Å². The van der Waals surface area contributed by atoms with Gasteiger partial charge in [0.15, 0.2) is 0 Å². The second-order valence-corrected chi connectivity index (χ2v) is 5.28. The molecule has 0 aromatic heterocycles. The van der Waals surface area contributed by atoms with Gasteiger partial charge in [0.1, 0.15) is 0 Å². The summed E-state index contributed by atoms with van der Waals surface area (Å²) < 4.78 is 37.7. The summed E-state index contributed by atoms with van der Waals surface area (Å²) in [6, 6.07) is 4.49. The molecule has 1 aromatic rings. The largest absolute Gasteiger partial charge is 0.398 e. The Morgan fingerprint density at radius 3 is 2.40 bits per heavy atom. The first kappa shape index (κ1) is 15.0. The summed E-state index contributed by atoms with van der Waals surface area (Å²) in [7, 11) is 0. The fraction of sp³-hybridized carbons (Fsp3) is 0.462. The summed E-state index contributed by atoms with van der Waals surface area (Å²) in [5.41, 5.74) is 6.23. The Morgan fingerprint density at radius 1 is 1.30 bits per heavy atom. The third-order valence-corrected chi connectivity index (χ3v) is 3.72. The van der Waals surface area contributed by atoms with E-state index in [1.165, 1.54) is 23.1 Å². The Labute approximate surface area is 119 Å². The first-order chi connectivity index (χ1) is 9.29. The molecule has 1 aliphatic rings. The van der Waals surface area contributed by atoms with Gasteiger partial charge in [-0.3, -0.25) is 4.79 Å². The average molecular weight is 307 g/mol. The van der Waals surface area contributed by atoms with Crippen molar-refractivity contribution in [3.05, 3.63) is 28.8 Å². The SMILES string of the molecule is Nc1cc(Cl)ccc1C(=O)N1CCC(C(F)(F)F)CC1. The normalized spacial score (nSPS) is 17.3. The van der Waals surface area contributed by atoms with E-state index < -0.39 is 12.1 Å². The molecular weight excluding hydrogens is 293 g/mol. The zero-order valence-electron chi connectivity index (χ0n) is 10.6. The molecule has 0 spiro atoms. The number of halogens is 4. The number of alkyl halides is 3. The van der Waals surface area contributed by atoms with Crippen LogP contribution in [0.15, 0.2) is 18.2 Å². The van der Waals surface area contributed by atoms with Crippen molar-refractivity contribution in [3.63, 3.8) is 0 Å². The molecule has 20 heavy (non-hydrogen) atoms. The topological polar surface area (TPSA) is 46.3 Å². The third kappa shape index (κ3) is 3.17. The first-order valence-corrected chi connectivity index (χ1v) is 6.58.